The van der Waals surface area contributed by atoms with Gasteiger partial charge in [0.15, 0.2) is 0 Å². The van der Waals surface area contributed by atoms with E-state index in [2.05, 4.69) is 40.4 Å². The second-order valence-corrected chi connectivity index (χ2v) is 7.84. The van der Waals surface area contributed by atoms with Crippen LogP contribution in [0.15, 0.2) is 48.8 Å². The van der Waals surface area contributed by atoms with E-state index in [1.807, 2.05) is 30.3 Å². The van der Waals surface area contributed by atoms with Gasteiger partial charge in [-0.05, 0) is 35.7 Å². The Kier molecular flexibility index (Phi) is 6.83. The molecule has 1 amide bonds. The first-order valence-electron chi connectivity index (χ1n) is 9.42. The van der Waals surface area contributed by atoms with Crippen LogP contribution in [-0.4, -0.2) is 40.5 Å². The van der Waals surface area contributed by atoms with Gasteiger partial charge in [0.25, 0.3) is 0 Å². The lowest BCUT2D eigenvalue weighted by Gasteiger charge is -2.23. The molecule has 0 unspecified atom stereocenters. The molecule has 0 aliphatic carbocycles. The van der Waals surface area contributed by atoms with Crippen LogP contribution in [0.3, 0.4) is 0 Å². The summed E-state index contributed by atoms with van der Waals surface area (Å²) in [5.74, 6) is 0.0638. The maximum absolute atomic E-state index is 12.9. The number of pyridine rings is 1. The zero-order valence-corrected chi connectivity index (χ0v) is 16.6. The Morgan fingerprint density at radius 3 is 2.81 bits per heavy atom. The largest absolute Gasteiger partial charge is 0.351 e. The van der Waals surface area contributed by atoms with Gasteiger partial charge in [-0.3, -0.25) is 14.7 Å². The molecule has 144 valence electrons. The number of nitrogens with zero attached hydrogens (tertiary/aromatic N) is 2. The van der Waals surface area contributed by atoms with Crippen molar-refractivity contribution in [1.82, 2.24) is 20.5 Å². The van der Waals surface area contributed by atoms with Gasteiger partial charge in [-0.2, -0.15) is 0 Å². The zero-order chi connectivity index (χ0) is 19.2. The van der Waals surface area contributed by atoms with Gasteiger partial charge in [0.05, 0.1) is 6.04 Å². The van der Waals surface area contributed by atoms with Crippen molar-refractivity contribution in [3.05, 3.63) is 64.9 Å². The SMILES string of the molecule is CC(C)N[C@H]1C[C@@H](C(=O)NCc2cccnc2)N(Cc2cccc(Cl)c2)C1. The monoisotopic (exact) mass is 386 g/mol. The second kappa shape index (κ2) is 9.31. The van der Waals surface area contributed by atoms with Crippen LogP contribution in [0.25, 0.3) is 0 Å². The van der Waals surface area contributed by atoms with Crippen molar-refractivity contribution in [3.8, 4) is 0 Å². The maximum atomic E-state index is 12.9. The third-order valence-corrected chi connectivity index (χ3v) is 4.97. The van der Waals surface area contributed by atoms with Gasteiger partial charge in [0.1, 0.15) is 0 Å². The van der Waals surface area contributed by atoms with Gasteiger partial charge in [0.2, 0.25) is 5.91 Å². The number of nitrogens with one attached hydrogen (secondary N) is 2. The first kappa shape index (κ1) is 19.8. The number of rotatable bonds is 7. The Hall–Kier alpha value is -1.95. The number of halogens is 1. The zero-order valence-electron chi connectivity index (χ0n) is 15.9. The fourth-order valence-electron chi connectivity index (χ4n) is 3.62. The molecule has 0 spiro atoms. The predicted octanol–water partition coefficient (Wildman–Crippen LogP) is 2.99. The molecular weight excluding hydrogens is 360 g/mol. The Morgan fingerprint density at radius 1 is 1.30 bits per heavy atom. The molecule has 0 radical (unpaired) electrons. The van der Waals surface area contributed by atoms with E-state index in [-0.39, 0.29) is 11.9 Å². The Labute approximate surface area is 166 Å². The van der Waals surface area contributed by atoms with Crippen molar-refractivity contribution in [3.63, 3.8) is 0 Å². The van der Waals surface area contributed by atoms with Crippen molar-refractivity contribution < 1.29 is 4.79 Å². The highest BCUT2D eigenvalue weighted by molar-refractivity contribution is 6.30. The van der Waals surface area contributed by atoms with Gasteiger partial charge >= 0.3 is 0 Å². The van der Waals surface area contributed by atoms with E-state index in [0.29, 0.717) is 25.2 Å². The molecule has 2 N–H and O–H groups in total. The molecule has 6 heteroatoms. The van der Waals surface area contributed by atoms with E-state index < -0.39 is 0 Å². The van der Waals surface area contributed by atoms with Gasteiger partial charge in [-0.1, -0.05) is 43.6 Å². The summed E-state index contributed by atoms with van der Waals surface area (Å²) in [6, 6.07) is 12.2. The summed E-state index contributed by atoms with van der Waals surface area (Å²) in [6.45, 7) is 6.32. The molecule has 0 saturated carbocycles. The van der Waals surface area contributed by atoms with Gasteiger partial charge in [0, 0.05) is 49.1 Å². The number of benzene rings is 1. The molecule has 1 fully saturated rings. The minimum absolute atomic E-state index is 0.0638. The molecule has 2 heterocycles. The summed E-state index contributed by atoms with van der Waals surface area (Å²) < 4.78 is 0. The minimum Gasteiger partial charge on any atom is -0.351 e. The first-order valence-corrected chi connectivity index (χ1v) is 9.80. The summed E-state index contributed by atoms with van der Waals surface area (Å²) in [4.78, 5) is 19.2. The second-order valence-electron chi connectivity index (χ2n) is 7.41. The van der Waals surface area contributed by atoms with Crippen LogP contribution < -0.4 is 10.6 Å². The summed E-state index contributed by atoms with van der Waals surface area (Å²) in [6.07, 6.45) is 4.32. The van der Waals surface area contributed by atoms with Crippen LogP contribution in [0, 0.1) is 0 Å². The van der Waals surface area contributed by atoms with Crippen molar-refractivity contribution >= 4 is 17.5 Å². The molecule has 2 atom stereocenters. The molecule has 5 nitrogen and oxygen atoms in total. The van der Waals surface area contributed by atoms with Crippen LogP contribution in [0.2, 0.25) is 5.02 Å². The number of carbonyl (C=O) groups excluding carboxylic acids is 1. The molecule has 1 saturated heterocycles. The van der Waals surface area contributed by atoms with Crippen LogP contribution in [-0.2, 0) is 17.9 Å². The Bertz CT molecular complexity index is 753. The van der Waals surface area contributed by atoms with Crippen LogP contribution in [0.1, 0.15) is 31.4 Å². The minimum atomic E-state index is -0.156. The molecule has 2 aromatic rings. The van der Waals surface area contributed by atoms with Crippen molar-refractivity contribution in [2.45, 2.75) is 51.5 Å². The molecule has 1 aromatic heterocycles. The highest BCUT2D eigenvalue weighted by Crippen LogP contribution is 2.22. The number of hydrogen-bond donors (Lipinski definition) is 2. The maximum Gasteiger partial charge on any atom is 0.237 e. The molecular formula is C21H27ClN4O. The number of amides is 1. The van der Waals surface area contributed by atoms with E-state index in [1.165, 1.54) is 0 Å². The highest BCUT2D eigenvalue weighted by atomic mass is 35.5. The van der Waals surface area contributed by atoms with Gasteiger partial charge < -0.3 is 10.6 Å². The average molecular weight is 387 g/mol. The molecule has 1 aromatic carbocycles. The van der Waals surface area contributed by atoms with E-state index in [1.54, 1.807) is 12.4 Å². The topological polar surface area (TPSA) is 57.3 Å². The fourth-order valence-corrected chi connectivity index (χ4v) is 3.84. The third kappa shape index (κ3) is 5.76. The summed E-state index contributed by atoms with van der Waals surface area (Å²) >= 11 is 6.13. The Morgan fingerprint density at radius 2 is 2.11 bits per heavy atom. The van der Waals surface area contributed by atoms with Crippen LogP contribution in [0.4, 0.5) is 0 Å². The van der Waals surface area contributed by atoms with E-state index in [0.717, 1.165) is 29.1 Å². The molecule has 27 heavy (non-hydrogen) atoms. The predicted molar refractivity (Wildman–Crippen MR) is 108 cm³/mol. The fraction of sp³-hybridized carbons (Fsp3) is 0.429. The van der Waals surface area contributed by atoms with E-state index in [4.69, 9.17) is 11.6 Å². The molecule has 3 rings (SSSR count). The number of likely N-dealkylation sites (tertiary alicyclic amines) is 1. The molecule has 1 aliphatic heterocycles. The van der Waals surface area contributed by atoms with E-state index in [9.17, 15) is 4.79 Å². The number of aromatic nitrogens is 1. The summed E-state index contributed by atoms with van der Waals surface area (Å²) in [5, 5.41) is 7.36. The van der Waals surface area contributed by atoms with Crippen molar-refractivity contribution in [2.75, 3.05) is 6.54 Å². The lowest BCUT2D eigenvalue weighted by molar-refractivity contribution is -0.125. The standard InChI is InChI=1S/C21H27ClN4O/c1-15(2)25-19-10-20(21(27)24-12-17-6-4-8-23-11-17)26(14-19)13-16-5-3-7-18(22)9-16/h3-9,11,15,19-20,25H,10,12-14H2,1-2H3,(H,24,27)/t19-,20-/m0/s1. The van der Waals surface area contributed by atoms with Gasteiger partial charge in [-0.25, -0.2) is 0 Å². The molecule has 0 bridgehead atoms. The smallest absolute Gasteiger partial charge is 0.237 e. The lowest BCUT2D eigenvalue weighted by Crippen LogP contribution is -2.42. The quantitative estimate of drug-likeness (QED) is 0.768. The van der Waals surface area contributed by atoms with E-state index >= 15 is 0 Å². The first-order chi connectivity index (χ1) is 13.0. The Balaban J connectivity index is 1.67. The van der Waals surface area contributed by atoms with Crippen LogP contribution >= 0.6 is 11.6 Å². The third-order valence-electron chi connectivity index (χ3n) is 4.74. The summed E-state index contributed by atoms with van der Waals surface area (Å²) in [7, 11) is 0. The normalized spacial score (nSPS) is 20.1. The highest BCUT2D eigenvalue weighted by Gasteiger charge is 2.36. The number of hydrogen-bond acceptors (Lipinski definition) is 4. The van der Waals surface area contributed by atoms with Crippen LogP contribution in [0.5, 0.6) is 0 Å². The molecule has 1 aliphatic rings. The van der Waals surface area contributed by atoms with Crippen molar-refractivity contribution in [2.24, 2.45) is 0 Å². The lowest BCUT2D eigenvalue weighted by atomic mass is 10.1. The number of carbonyl (C=O) groups is 1. The average Bonchev–Trinajstić information content (AvgIpc) is 3.02. The summed E-state index contributed by atoms with van der Waals surface area (Å²) in [5.41, 5.74) is 2.12. The van der Waals surface area contributed by atoms with Gasteiger partial charge in [-0.15, -0.1) is 0 Å². The van der Waals surface area contributed by atoms with Crippen molar-refractivity contribution in [1.29, 1.82) is 0 Å².